The Morgan fingerprint density at radius 1 is 1.00 bits per heavy atom. The van der Waals surface area contributed by atoms with E-state index in [1.165, 1.54) is 19.2 Å². The molecule has 1 saturated heterocycles. The monoisotopic (exact) mass is 439 g/mol. The molecular weight excluding hydrogens is 421 g/mol. The molecule has 7 heteroatoms. The second-order valence-electron chi connectivity index (χ2n) is 7.14. The fourth-order valence-electron chi connectivity index (χ4n) is 3.54. The van der Waals surface area contributed by atoms with Gasteiger partial charge in [-0.25, -0.2) is 9.18 Å². The lowest BCUT2D eigenvalue weighted by molar-refractivity contribution is -0.165. The third kappa shape index (κ3) is 4.39. The van der Waals surface area contributed by atoms with Crippen LogP contribution in [0.4, 0.5) is 4.39 Å². The molecular formula is C24H19ClFNO4. The van der Waals surface area contributed by atoms with E-state index in [2.05, 4.69) is 0 Å². The molecule has 2 unspecified atom stereocenters. The summed E-state index contributed by atoms with van der Waals surface area (Å²) >= 11 is 5.93. The lowest BCUT2D eigenvalue weighted by atomic mass is 9.89. The molecule has 31 heavy (non-hydrogen) atoms. The molecule has 158 valence electrons. The molecule has 1 heterocycles. The predicted molar refractivity (Wildman–Crippen MR) is 113 cm³/mol. The van der Waals surface area contributed by atoms with Gasteiger partial charge in [0.25, 0.3) is 5.91 Å². The van der Waals surface area contributed by atoms with Crippen LogP contribution >= 0.6 is 11.6 Å². The van der Waals surface area contributed by atoms with Gasteiger partial charge in [-0.1, -0.05) is 35.9 Å². The maximum atomic E-state index is 13.3. The van der Waals surface area contributed by atoms with Gasteiger partial charge in [-0.15, -0.1) is 0 Å². The van der Waals surface area contributed by atoms with Crippen molar-refractivity contribution >= 4 is 23.5 Å². The van der Waals surface area contributed by atoms with Crippen molar-refractivity contribution in [3.05, 3.63) is 100 Å². The van der Waals surface area contributed by atoms with E-state index < -0.39 is 12.1 Å². The smallest absolute Gasteiger partial charge is 0.337 e. The first-order valence-electron chi connectivity index (χ1n) is 9.61. The molecule has 3 aromatic carbocycles. The fourth-order valence-corrected chi connectivity index (χ4v) is 3.67. The minimum absolute atomic E-state index is 0.179. The maximum Gasteiger partial charge on any atom is 0.337 e. The quantitative estimate of drug-likeness (QED) is 0.409. The molecule has 0 aromatic heterocycles. The van der Waals surface area contributed by atoms with Crippen LogP contribution in [0.3, 0.4) is 0 Å². The minimum atomic E-state index is -0.731. The SMILES string of the molecule is COC(=O)c1ccc(C2C(Oc3ccc(Cl)cc3)C(=O)N2Cc2ccc(F)cc2)cc1. The van der Waals surface area contributed by atoms with Gasteiger partial charge in [0.1, 0.15) is 17.6 Å². The summed E-state index contributed by atoms with van der Waals surface area (Å²) in [7, 11) is 1.32. The molecule has 3 aromatic rings. The van der Waals surface area contributed by atoms with Crippen LogP contribution in [0.1, 0.15) is 27.5 Å². The summed E-state index contributed by atoms with van der Waals surface area (Å²) in [4.78, 5) is 26.3. The van der Waals surface area contributed by atoms with Crippen molar-refractivity contribution in [1.29, 1.82) is 0 Å². The molecule has 1 aliphatic rings. The number of hydrogen-bond acceptors (Lipinski definition) is 4. The Labute approximate surface area is 184 Å². The van der Waals surface area contributed by atoms with Gasteiger partial charge >= 0.3 is 5.97 Å². The Hall–Kier alpha value is -3.38. The molecule has 1 fully saturated rings. The number of carbonyl (C=O) groups is 2. The highest BCUT2D eigenvalue weighted by Crippen LogP contribution is 2.39. The highest BCUT2D eigenvalue weighted by atomic mass is 35.5. The first-order chi connectivity index (χ1) is 15.0. The third-order valence-electron chi connectivity index (χ3n) is 5.17. The minimum Gasteiger partial charge on any atom is -0.478 e. The summed E-state index contributed by atoms with van der Waals surface area (Å²) in [6.07, 6.45) is -0.731. The molecule has 0 aliphatic carbocycles. The summed E-state index contributed by atoms with van der Waals surface area (Å²) in [5, 5.41) is 0.570. The van der Waals surface area contributed by atoms with Crippen LogP contribution in [0.5, 0.6) is 5.75 Å². The highest BCUT2D eigenvalue weighted by molar-refractivity contribution is 6.30. The van der Waals surface area contributed by atoms with E-state index in [0.717, 1.165) is 11.1 Å². The van der Waals surface area contributed by atoms with E-state index in [1.54, 1.807) is 65.6 Å². The molecule has 2 atom stereocenters. The Kier molecular flexibility index (Phi) is 5.91. The van der Waals surface area contributed by atoms with Crippen molar-refractivity contribution < 1.29 is 23.5 Å². The van der Waals surface area contributed by atoms with Crippen molar-refractivity contribution in [3.63, 3.8) is 0 Å². The second-order valence-corrected chi connectivity index (χ2v) is 7.58. The van der Waals surface area contributed by atoms with Crippen molar-refractivity contribution in [3.8, 4) is 5.75 Å². The molecule has 0 N–H and O–H groups in total. The van der Waals surface area contributed by atoms with Crippen molar-refractivity contribution in [2.24, 2.45) is 0 Å². The number of carbonyl (C=O) groups excluding carboxylic acids is 2. The average Bonchev–Trinajstić information content (AvgIpc) is 2.80. The van der Waals surface area contributed by atoms with Gasteiger partial charge in [-0.05, 0) is 59.7 Å². The Balaban J connectivity index is 1.61. The Morgan fingerprint density at radius 3 is 2.26 bits per heavy atom. The number of amides is 1. The van der Waals surface area contributed by atoms with E-state index in [-0.39, 0.29) is 17.8 Å². The standard InChI is InChI=1S/C24H19ClFNO4/c1-30-24(29)17-6-4-16(5-7-17)21-22(31-20-12-8-18(25)9-13-20)23(28)27(21)14-15-2-10-19(26)11-3-15/h2-13,21-22H,14H2,1H3. The number of rotatable bonds is 6. The molecule has 0 spiro atoms. The van der Waals surface area contributed by atoms with Gasteiger partial charge < -0.3 is 14.4 Å². The van der Waals surface area contributed by atoms with Gasteiger partial charge in [0.05, 0.1) is 12.7 Å². The molecule has 1 amide bonds. The number of halogens is 2. The first kappa shape index (κ1) is 20.9. The number of methoxy groups -OCH3 is 1. The molecule has 1 aliphatic heterocycles. The Bertz CT molecular complexity index is 1030. The molecule has 4 rings (SSSR count). The number of benzene rings is 3. The zero-order valence-electron chi connectivity index (χ0n) is 16.6. The number of ether oxygens (including phenoxy) is 2. The van der Waals surface area contributed by atoms with Gasteiger partial charge in [0.2, 0.25) is 6.10 Å². The van der Waals surface area contributed by atoms with E-state index in [1.807, 2.05) is 0 Å². The van der Waals surface area contributed by atoms with Crippen molar-refractivity contribution in [1.82, 2.24) is 4.90 Å². The summed E-state index contributed by atoms with van der Waals surface area (Å²) in [5.74, 6) is -0.423. The van der Waals surface area contributed by atoms with Crippen molar-refractivity contribution in [2.45, 2.75) is 18.7 Å². The van der Waals surface area contributed by atoms with Crippen LogP contribution in [0.25, 0.3) is 0 Å². The fraction of sp³-hybridized carbons (Fsp3) is 0.167. The largest absolute Gasteiger partial charge is 0.478 e. The van der Waals surface area contributed by atoms with E-state index in [9.17, 15) is 14.0 Å². The lowest BCUT2D eigenvalue weighted by Gasteiger charge is -2.47. The second kappa shape index (κ2) is 8.78. The average molecular weight is 440 g/mol. The summed E-state index contributed by atoms with van der Waals surface area (Å²) in [6, 6.07) is 19.3. The number of hydrogen-bond donors (Lipinski definition) is 0. The predicted octanol–water partition coefficient (Wildman–Crippen LogP) is 4.80. The molecule has 0 radical (unpaired) electrons. The molecule has 0 bridgehead atoms. The van der Waals surface area contributed by atoms with E-state index >= 15 is 0 Å². The first-order valence-corrected chi connectivity index (χ1v) is 9.99. The van der Waals surface area contributed by atoms with Gasteiger partial charge in [0.15, 0.2) is 0 Å². The number of likely N-dealkylation sites (tertiary alicyclic amines) is 1. The van der Waals surface area contributed by atoms with E-state index in [4.69, 9.17) is 21.1 Å². The number of nitrogens with zero attached hydrogens (tertiary/aromatic N) is 1. The molecule has 5 nitrogen and oxygen atoms in total. The van der Waals surface area contributed by atoms with Crippen LogP contribution in [-0.2, 0) is 16.1 Å². The number of β-lactam (4-membered cyclic amide) rings is 1. The highest BCUT2D eigenvalue weighted by Gasteiger charge is 2.50. The lowest BCUT2D eigenvalue weighted by Crippen LogP contribution is -2.60. The van der Waals surface area contributed by atoms with Gasteiger partial charge in [0, 0.05) is 11.6 Å². The van der Waals surface area contributed by atoms with Crippen LogP contribution in [0.15, 0.2) is 72.8 Å². The maximum absolute atomic E-state index is 13.3. The van der Waals surface area contributed by atoms with Crippen LogP contribution in [0, 0.1) is 5.82 Å². The Morgan fingerprint density at radius 2 is 1.65 bits per heavy atom. The zero-order valence-corrected chi connectivity index (χ0v) is 17.4. The van der Waals surface area contributed by atoms with Gasteiger partial charge in [-0.2, -0.15) is 0 Å². The van der Waals surface area contributed by atoms with Crippen molar-refractivity contribution in [2.75, 3.05) is 7.11 Å². The van der Waals surface area contributed by atoms with Crippen LogP contribution < -0.4 is 4.74 Å². The normalized spacial score (nSPS) is 17.8. The summed E-state index contributed by atoms with van der Waals surface area (Å²) < 4.78 is 24.0. The topological polar surface area (TPSA) is 55.8 Å². The van der Waals surface area contributed by atoms with Gasteiger partial charge in [-0.3, -0.25) is 4.79 Å². The number of esters is 1. The summed E-state index contributed by atoms with van der Waals surface area (Å²) in [5.41, 5.74) is 2.03. The van der Waals surface area contributed by atoms with Crippen LogP contribution in [0.2, 0.25) is 5.02 Å². The van der Waals surface area contributed by atoms with E-state index in [0.29, 0.717) is 22.9 Å². The molecule has 0 saturated carbocycles. The third-order valence-corrected chi connectivity index (χ3v) is 5.42. The summed E-state index contributed by atoms with van der Waals surface area (Å²) in [6.45, 7) is 0.309. The van der Waals surface area contributed by atoms with Crippen LogP contribution in [-0.4, -0.2) is 30.0 Å². The zero-order chi connectivity index (χ0) is 22.0.